The van der Waals surface area contributed by atoms with Gasteiger partial charge < -0.3 is 10.1 Å². The van der Waals surface area contributed by atoms with E-state index in [0.717, 1.165) is 10.0 Å². The summed E-state index contributed by atoms with van der Waals surface area (Å²) in [5.74, 6) is -1.10. The second-order valence-corrected chi connectivity index (χ2v) is 8.95. The van der Waals surface area contributed by atoms with Crippen LogP contribution in [-0.2, 0) is 23.2 Å². The average molecular weight is 471 g/mol. The van der Waals surface area contributed by atoms with Crippen LogP contribution in [0.15, 0.2) is 78.1 Å². The molecule has 0 spiro atoms. The molecule has 0 amide bonds. The van der Waals surface area contributed by atoms with Crippen molar-refractivity contribution in [1.29, 1.82) is 0 Å². The molecule has 0 saturated heterocycles. The Labute approximate surface area is 189 Å². The molecule has 0 unspecified atom stereocenters. The van der Waals surface area contributed by atoms with Crippen LogP contribution >= 0.6 is 0 Å². The predicted octanol–water partition coefficient (Wildman–Crippen LogP) is 3.76. The number of nitrogens with one attached hydrogen (secondary N) is 1. The van der Waals surface area contributed by atoms with E-state index in [2.05, 4.69) is 15.3 Å². The van der Waals surface area contributed by atoms with Gasteiger partial charge in [0.05, 0.1) is 11.4 Å². The summed E-state index contributed by atoms with van der Waals surface area (Å²) in [5.41, 5.74) is 1.27. The number of aromatic nitrogens is 3. The summed E-state index contributed by atoms with van der Waals surface area (Å²) in [6, 6.07) is 13.0. The zero-order valence-electron chi connectivity index (χ0n) is 17.6. The Morgan fingerprint density at radius 2 is 1.94 bits per heavy atom. The minimum atomic E-state index is -4.01. The topological polar surface area (TPSA) is 86.1 Å². The summed E-state index contributed by atoms with van der Waals surface area (Å²) < 4.78 is 61.3. The molecule has 0 atom stereocenters. The van der Waals surface area contributed by atoms with E-state index >= 15 is 4.39 Å². The number of rotatable bonds is 8. The van der Waals surface area contributed by atoms with Crippen molar-refractivity contribution in [3.63, 3.8) is 0 Å². The van der Waals surface area contributed by atoms with Crippen LogP contribution < -0.4 is 10.1 Å². The molecule has 0 aliphatic heterocycles. The van der Waals surface area contributed by atoms with Crippen LogP contribution in [0.1, 0.15) is 11.3 Å². The Hall–Kier alpha value is -3.63. The first-order valence-corrected chi connectivity index (χ1v) is 11.4. The van der Waals surface area contributed by atoms with E-state index in [1.807, 2.05) is 0 Å². The molecule has 0 fully saturated rings. The van der Waals surface area contributed by atoms with Gasteiger partial charge in [0.2, 0.25) is 5.95 Å². The molecule has 170 valence electrons. The summed E-state index contributed by atoms with van der Waals surface area (Å²) in [6.45, 7) is 0.348. The third kappa shape index (κ3) is 4.91. The molecular weight excluding hydrogens is 450 g/mol. The van der Waals surface area contributed by atoms with Gasteiger partial charge in [-0.3, -0.25) is 4.98 Å². The highest BCUT2D eigenvalue weighted by atomic mass is 32.2. The van der Waals surface area contributed by atoms with Gasteiger partial charge >= 0.3 is 0 Å². The fourth-order valence-electron chi connectivity index (χ4n) is 3.29. The number of ether oxygens (including phenoxy) is 1. The van der Waals surface area contributed by atoms with Gasteiger partial charge in [-0.15, -0.1) is 0 Å². The van der Waals surface area contributed by atoms with E-state index in [1.165, 1.54) is 55.0 Å². The summed E-state index contributed by atoms with van der Waals surface area (Å²) in [7, 11) is -2.28. The van der Waals surface area contributed by atoms with E-state index in [4.69, 9.17) is 4.74 Å². The van der Waals surface area contributed by atoms with Gasteiger partial charge in [-0.25, -0.2) is 21.8 Å². The van der Waals surface area contributed by atoms with Crippen molar-refractivity contribution in [1.82, 2.24) is 19.3 Å². The first-order valence-electron chi connectivity index (χ1n) is 9.94. The lowest BCUT2D eigenvalue weighted by Gasteiger charge is -2.12. The van der Waals surface area contributed by atoms with E-state index in [-0.39, 0.29) is 28.5 Å². The normalized spacial score (nSPS) is 11.5. The van der Waals surface area contributed by atoms with E-state index < -0.39 is 21.8 Å². The SMILES string of the molecule is CNCc1cc(-c2ccc(OCc3cccc(F)n3)cc2F)n(S(=O)(=O)c2cccnc2)c1. The molecule has 3 aromatic heterocycles. The summed E-state index contributed by atoms with van der Waals surface area (Å²) in [5, 5.41) is 2.96. The Bertz CT molecular complexity index is 1380. The maximum Gasteiger partial charge on any atom is 0.269 e. The van der Waals surface area contributed by atoms with E-state index in [9.17, 15) is 12.8 Å². The van der Waals surface area contributed by atoms with Crippen molar-refractivity contribution in [2.75, 3.05) is 7.05 Å². The van der Waals surface area contributed by atoms with Crippen molar-refractivity contribution in [2.45, 2.75) is 18.0 Å². The third-order valence-electron chi connectivity index (χ3n) is 4.79. The fourth-order valence-corrected chi connectivity index (χ4v) is 4.64. The standard InChI is InChI=1S/C23H20F2N4O3S/c1-26-12-16-10-22(29(14-16)33(30,31)19-5-3-9-27-13-19)20-8-7-18(11-21(20)24)32-15-17-4-2-6-23(25)28-17/h2-11,13-14,26H,12,15H2,1H3. The van der Waals surface area contributed by atoms with Crippen molar-refractivity contribution in [3.05, 3.63) is 96.2 Å². The molecule has 0 radical (unpaired) electrons. The van der Waals surface area contributed by atoms with Gasteiger partial charge in [0.15, 0.2) is 0 Å². The summed E-state index contributed by atoms with van der Waals surface area (Å²) in [4.78, 5) is 7.56. The van der Waals surface area contributed by atoms with Crippen LogP contribution in [0.2, 0.25) is 0 Å². The lowest BCUT2D eigenvalue weighted by molar-refractivity contribution is 0.298. The molecule has 0 aliphatic carbocycles. The van der Waals surface area contributed by atoms with Crippen molar-refractivity contribution >= 4 is 10.0 Å². The number of halogens is 2. The van der Waals surface area contributed by atoms with Crippen LogP contribution in [-0.4, -0.2) is 29.4 Å². The smallest absolute Gasteiger partial charge is 0.269 e. The predicted molar refractivity (Wildman–Crippen MR) is 118 cm³/mol. The second kappa shape index (κ2) is 9.47. The van der Waals surface area contributed by atoms with Gasteiger partial charge in [-0.2, -0.15) is 4.39 Å². The Balaban J connectivity index is 1.68. The molecule has 7 nitrogen and oxygen atoms in total. The molecule has 1 aromatic carbocycles. The minimum Gasteiger partial charge on any atom is -0.487 e. The van der Waals surface area contributed by atoms with Gasteiger partial charge in [0, 0.05) is 36.8 Å². The third-order valence-corrected chi connectivity index (χ3v) is 6.45. The molecule has 4 rings (SSSR count). The maximum atomic E-state index is 15.1. The van der Waals surface area contributed by atoms with Crippen molar-refractivity contribution in [3.8, 4) is 17.0 Å². The van der Waals surface area contributed by atoms with Crippen LogP contribution in [0.3, 0.4) is 0 Å². The van der Waals surface area contributed by atoms with Crippen LogP contribution in [0.25, 0.3) is 11.3 Å². The number of hydrogen-bond donors (Lipinski definition) is 1. The second-order valence-electron chi connectivity index (χ2n) is 7.14. The van der Waals surface area contributed by atoms with Crippen LogP contribution in [0, 0.1) is 11.8 Å². The quantitative estimate of drug-likeness (QED) is 0.395. The first-order chi connectivity index (χ1) is 15.9. The Morgan fingerprint density at radius 1 is 1.09 bits per heavy atom. The Kier molecular flexibility index (Phi) is 6.47. The molecule has 1 N–H and O–H groups in total. The minimum absolute atomic E-state index is 0.0131. The van der Waals surface area contributed by atoms with Crippen LogP contribution in [0.4, 0.5) is 8.78 Å². The van der Waals surface area contributed by atoms with E-state index in [0.29, 0.717) is 17.8 Å². The molecule has 0 bridgehead atoms. The van der Waals surface area contributed by atoms with Crippen molar-refractivity contribution < 1.29 is 21.9 Å². The number of benzene rings is 1. The lowest BCUT2D eigenvalue weighted by Crippen LogP contribution is -2.14. The molecule has 10 heteroatoms. The largest absolute Gasteiger partial charge is 0.487 e. The maximum absolute atomic E-state index is 15.1. The molecular formula is C23H20F2N4O3S. The van der Waals surface area contributed by atoms with Gasteiger partial charge in [0.1, 0.15) is 23.1 Å². The summed E-state index contributed by atoms with van der Waals surface area (Å²) >= 11 is 0. The van der Waals surface area contributed by atoms with Crippen molar-refractivity contribution in [2.24, 2.45) is 0 Å². The molecule has 0 aliphatic rings. The monoisotopic (exact) mass is 470 g/mol. The molecule has 0 saturated carbocycles. The van der Waals surface area contributed by atoms with Gasteiger partial charge in [-0.05, 0) is 55.1 Å². The Morgan fingerprint density at radius 3 is 2.64 bits per heavy atom. The lowest BCUT2D eigenvalue weighted by atomic mass is 10.1. The molecule has 4 aromatic rings. The highest BCUT2D eigenvalue weighted by molar-refractivity contribution is 7.90. The highest BCUT2D eigenvalue weighted by Gasteiger charge is 2.23. The van der Waals surface area contributed by atoms with Gasteiger partial charge in [0.25, 0.3) is 10.0 Å². The first kappa shape index (κ1) is 22.6. The number of hydrogen-bond acceptors (Lipinski definition) is 6. The highest BCUT2D eigenvalue weighted by Crippen LogP contribution is 2.31. The zero-order chi connectivity index (χ0) is 23.4. The molecule has 33 heavy (non-hydrogen) atoms. The number of nitrogens with zero attached hydrogens (tertiary/aromatic N) is 3. The van der Waals surface area contributed by atoms with Gasteiger partial charge in [-0.1, -0.05) is 6.07 Å². The van der Waals surface area contributed by atoms with Crippen LogP contribution in [0.5, 0.6) is 5.75 Å². The zero-order valence-corrected chi connectivity index (χ0v) is 18.4. The molecule has 3 heterocycles. The van der Waals surface area contributed by atoms with E-state index in [1.54, 1.807) is 19.2 Å². The fraction of sp³-hybridized carbons (Fsp3) is 0.130. The number of pyridine rings is 2. The summed E-state index contributed by atoms with van der Waals surface area (Å²) in [6.07, 6.45) is 4.16. The average Bonchev–Trinajstić information content (AvgIpc) is 3.23.